The van der Waals surface area contributed by atoms with E-state index in [1.54, 1.807) is 13.8 Å². The van der Waals surface area contributed by atoms with Crippen LogP contribution in [0, 0.1) is 20.8 Å². The molecular weight excluding hydrogens is 386 g/mol. The van der Waals surface area contributed by atoms with Crippen LogP contribution in [0.3, 0.4) is 0 Å². The Kier molecular flexibility index (Phi) is 5.64. The molecule has 1 N–H and O–H groups in total. The summed E-state index contributed by atoms with van der Waals surface area (Å²) in [5, 5.41) is 8.32. The van der Waals surface area contributed by atoms with Gasteiger partial charge in [-0.05, 0) is 37.5 Å². The molecule has 1 aromatic heterocycles. The van der Waals surface area contributed by atoms with E-state index in [0.29, 0.717) is 4.90 Å². The Balaban J connectivity index is 1.74. The van der Waals surface area contributed by atoms with Crippen LogP contribution in [0.5, 0.6) is 0 Å². The summed E-state index contributed by atoms with van der Waals surface area (Å²) in [4.78, 5) is 0.303. The van der Waals surface area contributed by atoms with Crippen molar-refractivity contribution in [1.29, 1.82) is 0 Å². The Morgan fingerprint density at radius 1 is 1.04 bits per heavy atom. The van der Waals surface area contributed by atoms with Crippen LogP contribution in [-0.2, 0) is 15.8 Å². The van der Waals surface area contributed by atoms with Crippen molar-refractivity contribution in [2.45, 2.75) is 35.8 Å². The van der Waals surface area contributed by atoms with Crippen LogP contribution in [0.15, 0.2) is 51.7 Å². The molecule has 1 heterocycles. The molecule has 2 aromatic carbocycles. The molecule has 0 spiro atoms. The van der Waals surface area contributed by atoms with Crippen molar-refractivity contribution in [3.05, 3.63) is 64.7 Å². The number of anilines is 1. The number of thioether (sulfide) groups is 1. The highest BCUT2D eigenvalue weighted by Gasteiger charge is 2.21. The van der Waals surface area contributed by atoms with E-state index >= 15 is 0 Å². The summed E-state index contributed by atoms with van der Waals surface area (Å²) in [5.41, 5.74) is 3.66. The topological polar surface area (TPSA) is 72.0 Å². The number of hydrogen-bond donors (Lipinski definition) is 1. The van der Waals surface area contributed by atoms with Gasteiger partial charge in [-0.2, -0.15) is 0 Å². The molecule has 0 aliphatic heterocycles. The zero-order valence-electron chi connectivity index (χ0n) is 14.7. The summed E-state index contributed by atoms with van der Waals surface area (Å²) in [6, 6.07) is 13.8. The summed E-state index contributed by atoms with van der Waals surface area (Å²) in [6.07, 6.45) is 0. The van der Waals surface area contributed by atoms with Gasteiger partial charge >= 0.3 is 0 Å². The van der Waals surface area contributed by atoms with Crippen molar-refractivity contribution >= 4 is 38.3 Å². The van der Waals surface area contributed by atoms with Gasteiger partial charge in [-0.25, -0.2) is 8.42 Å². The summed E-state index contributed by atoms with van der Waals surface area (Å²) in [5.74, 6) is 0.762. The van der Waals surface area contributed by atoms with Gasteiger partial charge in [-0.15, -0.1) is 10.2 Å². The van der Waals surface area contributed by atoms with Crippen molar-refractivity contribution in [1.82, 2.24) is 10.2 Å². The fourth-order valence-electron chi connectivity index (χ4n) is 2.79. The van der Waals surface area contributed by atoms with E-state index in [-0.39, 0.29) is 5.13 Å². The van der Waals surface area contributed by atoms with Crippen LogP contribution < -0.4 is 4.72 Å². The minimum Gasteiger partial charge on any atom is -0.253 e. The molecule has 0 unspecified atom stereocenters. The molecular formula is C18H19N3O2S3. The molecule has 26 heavy (non-hydrogen) atoms. The molecule has 5 nitrogen and oxygen atoms in total. The van der Waals surface area contributed by atoms with Gasteiger partial charge in [0.05, 0.1) is 4.90 Å². The minimum atomic E-state index is -3.70. The van der Waals surface area contributed by atoms with Crippen molar-refractivity contribution in [2.24, 2.45) is 0 Å². The van der Waals surface area contributed by atoms with Gasteiger partial charge in [0.15, 0.2) is 4.34 Å². The smallest absolute Gasteiger partial charge is 0.253 e. The average Bonchev–Trinajstić information content (AvgIpc) is 2.99. The van der Waals surface area contributed by atoms with Crippen LogP contribution in [0.4, 0.5) is 5.13 Å². The SMILES string of the molecule is Cc1cc(C)c(S(=O)(=O)Nc2nnc(SCc3ccccc3)s2)c(C)c1. The summed E-state index contributed by atoms with van der Waals surface area (Å²) >= 11 is 2.77. The van der Waals surface area contributed by atoms with Crippen molar-refractivity contribution in [2.75, 3.05) is 4.72 Å². The number of hydrogen-bond acceptors (Lipinski definition) is 6. The summed E-state index contributed by atoms with van der Waals surface area (Å²) in [6.45, 7) is 5.55. The molecule has 0 aliphatic rings. The maximum Gasteiger partial charge on any atom is 0.264 e. The second kappa shape index (κ2) is 7.77. The van der Waals surface area contributed by atoms with Crippen LogP contribution in [0.25, 0.3) is 0 Å². The first kappa shape index (κ1) is 18.9. The van der Waals surface area contributed by atoms with E-state index in [2.05, 4.69) is 14.9 Å². The quantitative estimate of drug-likeness (QED) is 0.609. The van der Waals surface area contributed by atoms with E-state index < -0.39 is 10.0 Å². The van der Waals surface area contributed by atoms with E-state index in [1.165, 1.54) is 28.7 Å². The van der Waals surface area contributed by atoms with Crippen LogP contribution >= 0.6 is 23.1 Å². The van der Waals surface area contributed by atoms with Crippen LogP contribution in [-0.4, -0.2) is 18.6 Å². The molecule has 0 bridgehead atoms. The third kappa shape index (κ3) is 4.44. The van der Waals surface area contributed by atoms with E-state index in [4.69, 9.17) is 0 Å². The van der Waals surface area contributed by atoms with E-state index in [1.807, 2.05) is 49.4 Å². The summed E-state index contributed by atoms with van der Waals surface area (Å²) < 4.78 is 28.8. The average molecular weight is 406 g/mol. The second-order valence-corrected chi connectivity index (χ2v) is 9.80. The predicted molar refractivity (Wildman–Crippen MR) is 107 cm³/mol. The molecule has 0 aliphatic carbocycles. The lowest BCUT2D eigenvalue weighted by atomic mass is 10.1. The lowest BCUT2D eigenvalue weighted by Crippen LogP contribution is -2.15. The van der Waals surface area contributed by atoms with Crippen LogP contribution in [0.2, 0.25) is 0 Å². The number of aromatic nitrogens is 2. The van der Waals surface area contributed by atoms with Crippen molar-refractivity contribution in [3.8, 4) is 0 Å². The first-order valence-corrected chi connectivity index (χ1v) is 11.2. The van der Waals surface area contributed by atoms with Crippen LogP contribution in [0.1, 0.15) is 22.3 Å². The van der Waals surface area contributed by atoms with Gasteiger partial charge in [0.1, 0.15) is 0 Å². The summed E-state index contributed by atoms with van der Waals surface area (Å²) in [7, 11) is -3.70. The molecule has 0 radical (unpaired) electrons. The lowest BCUT2D eigenvalue weighted by Gasteiger charge is -2.12. The zero-order chi connectivity index (χ0) is 18.7. The Bertz CT molecular complexity index is 992. The van der Waals surface area contributed by atoms with E-state index in [9.17, 15) is 8.42 Å². The molecule has 0 fully saturated rings. The van der Waals surface area contributed by atoms with Gasteiger partial charge in [0.25, 0.3) is 10.0 Å². The molecule has 3 rings (SSSR count). The Morgan fingerprint density at radius 3 is 2.35 bits per heavy atom. The van der Waals surface area contributed by atoms with Gasteiger partial charge in [0, 0.05) is 5.75 Å². The highest BCUT2D eigenvalue weighted by Crippen LogP contribution is 2.30. The number of nitrogens with zero attached hydrogens (tertiary/aromatic N) is 2. The lowest BCUT2D eigenvalue weighted by molar-refractivity contribution is 0.600. The normalized spacial score (nSPS) is 11.5. The third-order valence-electron chi connectivity index (χ3n) is 3.71. The standard InChI is InChI=1S/C18H19N3O2S3/c1-12-9-13(2)16(14(3)10-12)26(22,23)21-17-19-20-18(25-17)24-11-15-7-5-4-6-8-15/h4-10H,11H2,1-3H3,(H,19,21). The largest absolute Gasteiger partial charge is 0.264 e. The minimum absolute atomic E-state index is 0.278. The predicted octanol–water partition coefficient (Wildman–Crippen LogP) is 4.56. The molecule has 0 saturated heterocycles. The Labute approximate surface area is 161 Å². The molecule has 0 amide bonds. The number of rotatable bonds is 6. The van der Waals surface area contributed by atoms with Gasteiger partial charge < -0.3 is 0 Å². The van der Waals surface area contributed by atoms with Crippen molar-refractivity contribution in [3.63, 3.8) is 0 Å². The number of sulfonamides is 1. The highest BCUT2D eigenvalue weighted by molar-refractivity contribution is 8.00. The van der Waals surface area contributed by atoms with Gasteiger partial charge in [-0.3, -0.25) is 4.72 Å². The van der Waals surface area contributed by atoms with E-state index in [0.717, 1.165) is 26.8 Å². The maximum atomic E-state index is 12.8. The fraction of sp³-hybridized carbons (Fsp3) is 0.222. The molecule has 136 valence electrons. The first-order chi connectivity index (χ1) is 12.3. The molecule has 0 atom stereocenters. The number of benzene rings is 2. The molecule has 8 heteroatoms. The zero-order valence-corrected chi connectivity index (χ0v) is 17.1. The monoisotopic (exact) mass is 405 g/mol. The fourth-order valence-corrected chi connectivity index (χ4v) is 6.18. The first-order valence-electron chi connectivity index (χ1n) is 7.96. The second-order valence-electron chi connectivity index (χ2n) is 5.98. The Hall–Kier alpha value is -1.90. The molecule has 0 saturated carbocycles. The van der Waals surface area contributed by atoms with Gasteiger partial charge in [-0.1, -0.05) is 71.1 Å². The maximum absolute atomic E-state index is 12.8. The van der Waals surface area contributed by atoms with Gasteiger partial charge in [0.2, 0.25) is 5.13 Å². The van der Waals surface area contributed by atoms with Crippen molar-refractivity contribution < 1.29 is 8.42 Å². The number of aryl methyl sites for hydroxylation is 3. The number of nitrogens with one attached hydrogen (secondary N) is 1. The Morgan fingerprint density at radius 2 is 1.69 bits per heavy atom. The highest BCUT2D eigenvalue weighted by atomic mass is 32.2. The third-order valence-corrected chi connectivity index (χ3v) is 7.52. The molecule has 3 aromatic rings.